The average molecular weight is 309 g/mol. The molecule has 1 nitrogen and oxygen atoms in total. The molecule has 0 saturated heterocycles. The lowest BCUT2D eigenvalue weighted by molar-refractivity contribution is 0.661. The highest BCUT2D eigenvalue weighted by molar-refractivity contribution is 6.11. The van der Waals surface area contributed by atoms with E-state index in [1.54, 1.807) is 0 Å². The highest BCUT2D eigenvalue weighted by atomic mass is 14.6. The fourth-order valence-corrected chi connectivity index (χ4v) is 4.30. The Morgan fingerprint density at radius 2 is 1.42 bits per heavy atom. The second kappa shape index (κ2) is 4.39. The second-order valence-electron chi connectivity index (χ2n) is 7.30. The minimum absolute atomic E-state index is 0.0283. The molecule has 0 unspecified atom stereocenters. The van der Waals surface area contributed by atoms with Gasteiger partial charge in [-0.25, -0.2) is 0 Å². The quantitative estimate of drug-likeness (QED) is 0.318. The summed E-state index contributed by atoms with van der Waals surface area (Å²) in [6.45, 7) is 4.63. The molecule has 2 N–H and O–H groups in total. The van der Waals surface area contributed by atoms with Gasteiger partial charge in [0.1, 0.15) is 0 Å². The molecule has 0 bridgehead atoms. The summed E-state index contributed by atoms with van der Waals surface area (Å²) in [5.41, 5.74) is 12.9. The van der Waals surface area contributed by atoms with Gasteiger partial charge in [-0.05, 0) is 51.2 Å². The van der Waals surface area contributed by atoms with E-state index in [-0.39, 0.29) is 5.41 Å². The van der Waals surface area contributed by atoms with Gasteiger partial charge in [0.15, 0.2) is 0 Å². The molecule has 0 heterocycles. The lowest BCUT2D eigenvalue weighted by Crippen LogP contribution is -2.14. The molecule has 24 heavy (non-hydrogen) atoms. The number of benzene rings is 4. The maximum atomic E-state index is 6.54. The number of fused-ring (bicyclic) bond motifs is 5. The number of anilines is 1. The predicted molar refractivity (Wildman–Crippen MR) is 103 cm³/mol. The third-order valence-corrected chi connectivity index (χ3v) is 5.61. The number of nitrogens with two attached hydrogens (primary N) is 1. The van der Waals surface area contributed by atoms with Crippen molar-refractivity contribution in [1.82, 2.24) is 0 Å². The number of hydrogen-bond acceptors (Lipinski definition) is 1. The van der Waals surface area contributed by atoms with Crippen LogP contribution in [0, 0.1) is 0 Å². The molecule has 0 fully saturated rings. The molecule has 116 valence electrons. The lowest BCUT2D eigenvalue weighted by atomic mass is 9.81. The van der Waals surface area contributed by atoms with Crippen molar-refractivity contribution in [1.29, 1.82) is 0 Å². The van der Waals surface area contributed by atoms with E-state index >= 15 is 0 Å². The molecule has 0 spiro atoms. The van der Waals surface area contributed by atoms with E-state index in [4.69, 9.17) is 5.73 Å². The zero-order chi connectivity index (χ0) is 16.5. The Hall–Kier alpha value is -2.80. The van der Waals surface area contributed by atoms with Crippen LogP contribution in [0.3, 0.4) is 0 Å². The van der Waals surface area contributed by atoms with Crippen molar-refractivity contribution < 1.29 is 0 Å². The average Bonchev–Trinajstić information content (AvgIpc) is 2.82. The molecule has 1 aliphatic rings. The van der Waals surface area contributed by atoms with E-state index in [0.29, 0.717) is 0 Å². The van der Waals surface area contributed by atoms with Gasteiger partial charge in [-0.15, -0.1) is 0 Å². The van der Waals surface area contributed by atoms with Gasteiger partial charge in [0.2, 0.25) is 0 Å². The molecular formula is C23H19N. The van der Waals surface area contributed by atoms with Gasteiger partial charge in [0.25, 0.3) is 0 Å². The largest absolute Gasteiger partial charge is 0.398 e. The molecule has 0 aliphatic heterocycles. The molecule has 4 aromatic carbocycles. The van der Waals surface area contributed by atoms with Crippen molar-refractivity contribution in [2.75, 3.05) is 5.73 Å². The summed E-state index contributed by atoms with van der Waals surface area (Å²) in [7, 11) is 0. The first kappa shape index (κ1) is 13.6. The second-order valence-corrected chi connectivity index (χ2v) is 7.30. The van der Waals surface area contributed by atoms with E-state index in [0.717, 1.165) is 16.5 Å². The Morgan fingerprint density at radius 1 is 0.667 bits per heavy atom. The van der Waals surface area contributed by atoms with Crippen LogP contribution in [0.1, 0.15) is 25.0 Å². The first-order chi connectivity index (χ1) is 11.6. The molecular weight excluding hydrogens is 290 g/mol. The standard InChI is InChI=1S/C23H19N/c1-23(2)20-10-6-5-9-17(20)19-13-18-15(12-21(19)23)11-14-7-3-4-8-16(14)22(18)24/h3-13H,24H2,1-2H3. The van der Waals surface area contributed by atoms with Crippen molar-refractivity contribution in [3.8, 4) is 11.1 Å². The normalized spacial score (nSPS) is 14.8. The van der Waals surface area contributed by atoms with Crippen molar-refractivity contribution in [2.45, 2.75) is 19.3 Å². The zero-order valence-electron chi connectivity index (χ0n) is 13.9. The minimum Gasteiger partial charge on any atom is -0.398 e. The highest BCUT2D eigenvalue weighted by Gasteiger charge is 2.35. The summed E-state index contributed by atoms with van der Waals surface area (Å²) in [6, 6.07) is 24.0. The maximum absolute atomic E-state index is 6.54. The van der Waals surface area contributed by atoms with Gasteiger partial charge in [-0.1, -0.05) is 62.4 Å². The lowest BCUT2D eigenvalue weighted by Gasteiger charge is -2.22. The van der Waals surface area contributed by atoms with Gasteiger partial charge >= 0.3 is 0 Å². The van der Waals surface area contributed by atoms with Crippen molar-refractivity contribution >= 4 is 27.2 Å². The number of hydrogen-bond donors (Lipinski definition) is 1. The Labute approximate surface area is 141 Å². The van der Waals surface area contributed by atoms with Crippen LogP contribution in [-0.2, 0) is 5.41 Å². The smallest absolute Gasteiger partial charge is 0.0473 e. The van der Waals surface area contributed by atoms with Crippen molar-refractivity contribution in [2.24, 2.45) is 0 Å². The fourth-order valence-electron chi connectivity index (χ4n) is 4.30. The minimum atomic E-state index is 0.0283. The summed E-state index contributed by atoms with van der Waals surface area (Å²) in [4.78, 5) is 0. The van der Waals surface area contributed by atoms with Gasteiger partial charge in [0, 0.05) is 21.9 Å². The third kappa shape index (κ3) is 1.59. The van der Waals surface area contributed by atoms with E-state index in [1.165, 1.54) is 33.0 Å². The third-order valence-electron chi connectivity index (χ3n) is 5.61. The summed E-state index contributed by atoms with van der Waals surface area (Å²) in [6.07, 6.45) is 0. The topological polar surface area (TPSA) is 26.0 Å². The first-order valence-electron chi connectivity index (χ1n) is 8.43. The van der Waals surface area contributed by atoms with Crippen molar-refractivity contribution in [3.05, 3.63) is 77.9 Å². The molecule has 0 amide bonds. The van der Waals surface area contributed by atoms with Crippen LogP contribution in [-0.4, -0.2) is 0 Å². The Bertz CT molecular complexity index is 1140. The number of rotatable bonds is 0. The molecule has 1 heteroatoms. The zero-order valence-corrected chi connectivity index (χ0v) is 13.9. The predicted octanol–water partition coefficient (Wildman–Crippen LogP) is 5.88. The Kier molecular flexibility index (Phi) is 2.49. The van der Waals surface area contributed by atoms with Crippen LogP contribution in [0.4, 0.5) is 5.69 Å². The molecule has 1 aliphatic carbocycles. The molecule has 0 saturated carbocycles. The summed E-state index contributed by atoms with van der Waals surface area (Å²) < 4.78 is 0. The Balaban J connectivity index is 1.94. The summed E-state index contributed by atoms with van der Waals surface area (Å²) >= 11 is 0. The van der Waals surface area contributed by atoms with Crippen LogP contribution >= 0.6 is 0 Å². The van der Waals surface area contributed by atoms with Gasteiger partial charge in [-0.3, -0.25) is 0 Å². The highest BCUT2D eigenvalue weighted by Crippen LogP contribution is 2.50. The fraction of sp³-hybridized carbons (Fsp3) is 0.130. The molecule has 0 atom stereocenters. The number of nitrogen functional groups attached to an aromatic ring is 1. The SMILES string of the molecule is CC1(C)c2ccccc2-c2cc3c(N)c4ccccc4cc3cc21. The van der Waals surface area contributed by atoms with Crippen LogP contribution in [0.25, 0.3) is 32.7 Å². The molecule has 4 aromatic rings. The maximum Gasteiger partial charge on any atom is 0.0473 e. The van der Waals surface area contributed by atoms with E-state index in [2.05, 4.69) is 80.6 Å². The first-order valence-corrected chi connectivity index (χ1v) is 8.43. The summed E-state index contributed by atoms with van der Waals surface area (Å²) in [5.74, 6) is 0. The van der Waals surface area contributed by atoms with E-state index in [1.807, 2.05) is 0 Å². The van der Waals surface area contributed by atoms with Crippen LogP contribution in [0.5, 0.6) is 0 Å². The monoisotopic (exact) mass is 309 g/mol. The van der Waals surface area contributed by atoms with Gasteiger partial charge < -0.3 is 5.73 Å². The van der Waals surface area contributed by atoms with Crippen LogP contribution < -0.4 is 5.73 Å². The Morgan fingerprint density at radius 3 is 2.29 bits per heavy atom. The molecule has 0 aromatic heterocycles. The van der Waals surface area contributed by atoms with Gasteiger partial charge in [0.05, 0.1) is 0 Å². The van der Waals surface area contributed by atoms with Crippen LogP contribution in [0.15, 0.2) is 66.7 Å². The summed E-state index contributed by atoms with van der Waals surface area (Å²) in [5, 5.41) is 4.72. The van der Waals surface area contributed by atoms with E-state index < -0.39 is 0 Å². The van der Waals surface area contributed by atoms with Crippen molar-refractivity contribution in [3.63, 3.8) is 0 Å². The van der Waals surface area contributed by atoms with Gasteiger partial charge in [-0.2, -0.15) is 0 Å². The molecule has 0 radical (unpaired) electrons. The molecule has 5 rings (SSSR count). The van der Waals surface area contributed by atoms with Crippen LogP contribution in [0.2, 0.25) is 0 Å². The van der Waals surface area contributed by atoms with E-state index in [9.17, 15) is 0 Å².